The normalized spacial score (nSPS) is 35.6. The maximum absolute atomic E-state index is 3.67. The van der Waals surface area contributed by atoms with E-state index in [1.807, 2.05) is 0 Å². The van der Waals surface area contributed by atoms with Gasteiger partial charge in [-0.3, -0.25) is 0 Å². The molecule has 2 nitrogen and oxygen atoms in total. The zero-order chi connectivity index (χ0) is 10.7. The molecule has 15 heavy (non-hydrogen) atoms. The van der Waals surface area contributed by atoms with Gasteiger partial charge in [0.1, 0.15) is 0 Å². The Bertz CT molecular complexity index is 185. The lowest BCUT2D eigenvalue weighted by molar-refractivity contribution is 0.158. The molecular formula is C13H26N2. The topological polar surface area (TPSA) is 15.3 Å². The molecule has 0 spiro atoms. The van der Waals surface area contributed by atoms with Crippen molar-refractivity contribution < 1.29 is 0 Å². The molecule has 2 heteroatoms. The highest BCUT2D eigenvalue weighted by molar-refractivity contribution is 4.81. The van der Waals surface area contributed by atoms with Crippen LogP contribution in [0.25, 0.3) is 0 Å². The van der Waals surface area contributed by atoms with Crippen LogP contribution in [-0.2, 0) is 0 Å². The third-order valence-corrected chi connectivity index (χ3v) is 4.11. The van der Waals surface area contributed by atoms with Crippen molar-refractivity contribution in [3.63, 3.8) is 0 Å². The number of likely N-dealkylation sites (tertiary alicyclic amines) is 1. The predicted molar refractivity (Wildman–Crippen MR) is 65.0 cm³/mol. The number of hydrogen-bond acceptors (Lipinski definition) is 2. The lowest BCUT2D eigenvalue weighted by atomic mass is 9.93. The second-order valence-corrected chi connectivity index (χ2v) is 5.76. The summed E-state index contributed by atoms with van der Waals surface area (Å²) in [5, 5.41) is 3.67. The fraction of sp³-hybridized carbons (Fsp3) is 1.00. The van der Waals surface area contributed by atoms with Crippen molar-refractivity contribution in [2.45, 2.75) is 45.6 Å². The Labute approximate surface area is 94.4 Å². The fourth-order valence-electron chi connectivity index (χ4n) is 2.92. The van der Waals surface area contributed by atoms with E-state index in [-0.39, 0.29) is 0 Å². The van der Waals surface area contributed by atoms with Gasteiger partial charge in [0.15, 0.2) is 0 Å². The molecule has 2 heterocycles. The number of nitrogens with one attached hydrogen (secondary N) is 1. The Morgan fingerprint density at radius 3 is 2.47 bits per heavy atom. The maximum Gasteiger partial charge on any atom is 0.0197 e. The van der Waals surface area contributed by atoms with Crippen LogP contribution < -0.4 is 5.32 Å². The highest BCUT2D eigenvalue weighted by Crippen LogP contribution is 2.19. The van der Waals surface area contributed by atoms with Crippen LogP contribution in [0.15, 0.2) is 0 Å². The average Bonchev–Trinajstić information content (AvgIpc) is 2.22. The summed E-state index contributed by atoms with van der Waals surface area (Å²) < 4.78 is 0. The van der Waals surface area contributed by atoms with Gasteiger partial charge in [0.2, 0.25) is 0 Å². The van der Waals surface area contributed by atoms with Gasteiger partial charge in [-0.1, -0.05) is 13.8 Å². The van der Waals surface area contributed by atoms with Gasteiger partial charge in [0, 0.05) is 12.6 Å². The van der Waals surface area contributed by atoms with Gasteiger partial charge >= 0.3 is 0 Å². The van der Waals surface area contributed by atoms with E-state index in [2.05, 4.69) is 24.1 Å². The molecule has 88 valence electrons. The van der Waals surface area contributed by atoms with Crippen molar-refractivity contribution in [2.75, 3.05) is 26.2 Å². The summed E-state index contributed by atoms with van der Waals surface area (Å²) in [4.78, 5) is 2.66. The monoisotopic (exact) mass is 210 g/mol. The van der Waals surface area contributed by atoms with Crippen LogP contribution >= 0.6 is 0 Å². The molecular weight excluding hydrogens is 184 g/mol. The van der Waals surface area contributed by atoms with Crippen molar-refractivity contribution in [3.05, 3.63) is 0 Å². The molecule has 0 saturated carbocycles. The molecule has 0 aliphatic carbocycles. The van der Waals surface area contributed by atoms with Crippen molar-refractivity contribution in [2.24, 2.45) is 11.8 Å². The molecule has 2 aliphatic heterocycles. The summed E-state index contributed by atoms with van der Waals surface area (Å²) in [6.45, 7) is 9.96. The second kappa shape index (κ2) is 5.31. The van der Waals surface area contributed by atoms with E-state index in [1.54, 1.807) is 0 Å². The first-order valence-corrected chi connectivity index (χ1v) is 6.70. The summed E-state index contributed by atoms with van der Waals surface area (Å²) >= 11 is 0. The Kier molecular flexibility index (Phi) is 4.04. The van der Waals surface area contributed by atoms with Crippen molar-refractivity contribution in [1.29, 1.82) is 0 Å². The number of piperidine rings is 2. The minimum absolute atomic E-state index is 0.766. The smallest absolute Gasteiger partial charge is 0.0197 e. The van der Waals surface area contributed by atoms with Crippen LogP contribution in [0.4, 0.5) is 0 Å². The number of nitrogens with zero attached hydrogens (tertiary/aromatic N) is 1. The largest absolute Gasteiger partial charge is 0.313 e. The number of rotatable bonds is 2. The third kappa shape index (κ3) is 3.46. The second-order valence-electron chi connectivity index (χ2n) is 5.76. The van der Waals surface area contributed by atoms with Crippen molar-refractivity contribution >= 4 is 0 Å². The molecule has 1 N–H and O–H groups in total. The minimum atomic E-state index is 0.766. The van der Waals surface area contributed by atoms with Crippen LogP contribution in [0.3, 0.4) is 0 Å². The molecule has 0 bridgehead atoms. The first-order chi connectivity index (χ1) is 7.24. The Morgan fingerprint density at radius 2 is 1.80 bits per heavy atom. The van der Waals surface area contributed by atoms with Gasteiger partial charge < -0.3 is 10.2 Å². The zero-order valence-corrected chi connectivity index (χ0v) is 10.3. The van der Waals surface area contributed by atoms with Gasteiger partial charge in [-0.25, -0.2) is 0 Å². The highest BCUT2D eigenvalue weighted by Gasteiger charge is 2.22. The minimum Gasteiger partial charge on any atom is -0.313 e. The quantitative estimate of drug-likeness (QED) is 0.751. The fourth-order valence-corrected chi connectivity index (χ4v) is 2.92. The summed E-state index contributed by atoms with van der Waals surface area (Å²) in [7, 11) is 0. The van der Waals surface area contributed by atoms with Crippen molar-refractivity contribution in [1.82, 2.24) is 10.2 Å². The van der Waals surface area contributed by atoms with Crippen LogP contribution in [0.1, 0.15) is 39.5 Å². The Hall–Kier alpha value is -0.0800. The van der Waals surface area contributed by atoms with Crippen LogP contribution in [0.5, 0.6) is 0 Å². The van der Waals surface area contributed by atoms with Gasteiger partial charge in [0.25, 0.3) is 0 Å². The van der Waals surface area contributed by atoms with Gasteiger partial charge in [-0.15, -0.1) is 0 Å². The first kappa shape index (κ1) is 11.4. The van der Waals surface area contributed by atoms with E-state index < -0.39 is 0 Å². The molecule has 2 saturated heterocycles. The van der Waals surface area contributed by atoms with Crippen LogP contribution in [0, 0.1) is 11.8 Å². The molecule has 2 atom stereocenters. The van der Waals surface area contributed by atoms with E-state index in [0.717, 1.165) is 17.9 Å². The summed E-state index contributed by atoms with van der Waals surface area (Å²) in [5.74, 6) is 1.89. The number of hydrogen-bond donors (Lipinski definition) is 1. The predicted octanol–water partition coefficient (Wildman–Crippen LogP) is 2.11. The average molecular weight is 210 g/mol. The summed E-state index contributed by atoms with van der Waals surface area (Å²) in [6.07, 6.45) is 5.56. The van der Waals surface area contributed by atoms with Crippen molar-refractivity contribution in [3.8, 4) is 0 Å². The van der Waals surface area contributed by atoms with Gasteiger partial charge in [-0.05, 0) is 57.2 Å². The molecule has 0 amide bonds. The van der Waals surface area contributed by atoms with E-state index in [4.69, 9.17) is 0 Å². The molecule has 2 fully saturated rings. The van der Waals surface area contributed by atoms with Gasteiger partial charge in [0.05, 0.1) is 0 Å². The molecule has 0 aromatic carbocycles. The lowest BCUT2D eigenvalue weighted by Crippen LogP contribution is -2.47. The van der Waals surface area contributed by atoms with E-state index in [0.29, 0.717) is 0 Å². The summed E-state index contributed by atoms with van der Waals surface area (Å²) in [5.41, 5.74) is 0. The molecule has 0 aromatic heterocycles. The molecule has 0 aromatic rings. The molecule has 0 radical (unpaired) electrons. The molecule has 2 aliphatic rings. The van der Waals surface area contributed by atoms with E-state index >= 15 is 0 Å². The molecule has 2 unspecified atom stereocenters. The Morgan fingerprint density at radius 1 is 1.07 bits per heavy atom. The first-order valence-electron chi connectivity index (χ1n) is 6.70. The Balaban J connectivity index is 1.71. The summed E-state index contributed by atoms with van der Waals surface area (Å²) in [6, 6.07) is 0.766. The van der Waals surface area contributed by atoms with E-state index in [1.165, 1.54) is 51.9 Å². The van der Waals surface area contributed by atoms with Crippen LogP contribution in [0.2, 0.25) is 0 Å². The highest BCUT2D eigenvalue weighted by atomic mass is 15.2. The maximum atomic E-state index is 3.67. The standard InChI is InChI=1S/C13H26N2/c1-11-4-7-15(8-5-11)10-13-9-12(2)3-6-14-13/h11-14H,3-10H2,1-2H3. The lowest BCUT2D eigenvalue weighted by Gasteiger charge is -2.36. The SMILES string of the molecule is CC1CCN(CC2CC(C)CCN2)CC1. The zero-order valence-electron chi connectivity index (χ0n) is 10.3. The van der Waals surface area contributed by atoms with E-state index in [9.17, 15) is 0 Å². The van der Waals surface area contributed by atoms with Gasteiger partial charge in [-0.2, -0.15) is 0 Å². The van der Waals surface area contributed by atoms with Crippen LogP contribution in [-0.4, -0.2) is 37.1 Å². The third-order valence-electron chi connectivity index (χ3n) is 4.11. The molecule has 2 rings (SSSR count).